The molecule has 0 spiro atoms. The number of carbonyl (C=O) groups excluding carboxylic acids is 1. The summed E-state index contributed by atoms with van der Waals surface area (Å²) in [5, 5.41) is 13.6. The molecule has 5 nitrogen and oxygen atoms in total. The molecule has 0 aliphatic carbocycles. The molecule has 1 aliphatic rings. The van der Waals surface area contributed by atoms with Crippen LogP contribution in [0.25, 0.3) is 0 Å². The van der Waals surface area contributed by atoms with Gasteiger partial charge in [-0.2, -0.15) is 0 Å². The predicted octanol–water partition coefficient (Wildman–Crippen LogP) is 4.11. The van der Waals surface area contributed by atoms with Gasteiger partial charge < -0.3 is 19.7 Å². The van der Waals surface area contributed by atoms with E-state index in [1.165, 1.54) is 0 Å². The maximum absolute atomic E-state index is 12.6. The average Bonchev–Trinajstić information content (AvgIpc) is 3.00. The standard InChI is InChI=1S/C21H28N2O3/c1-14-13-19(16(3)26-14)15(2)22-21(25)23-11-9-18(10-12-23)20(24)17-7-5-4-6-8-17/h4-8,13,15,18,20,24H,9-12H2,1-3H3,(H,22,25)/t15-,20+/m0/s1. The Hall–Kier alpha value is -2.27. The van der Waals surface area contributed by atoms with Crippen molar-refractivity contribution in [1.29, 1.82) is 0 Å². The van der Waals surface area contributed by atoms with Gasteiger partial charge in [0, 0.05) is 18.7 Å². The van der Waals surface area contributed by atoms with Gasteiger partial charge in [0.1, 0.15) is 11.5 Å². The van der Waals surface area contributed by atoms with E-state index in [0.29, 0.717) is 13.1 Å². The number of amides is 2. The van der Waals surface area contributed by atoms with Crippen molar-refractivity contribution in [2.24, 2.45) is 5.92 Å². The number of likely N-dealkylation sites (tertiary alicyclic amines) is 1. The highest BCUT2D eigenvalue weighted by atomic mass is 16.3. The van der Waals surface area contributed by atoms with E-state index in [9.17, 15) is 9.90 Å². The molecule has 1 aliphatic heterocycles. The van der Waals surface area contributed by atoms with Crippen LogP contribution < -0.4 is 5.32 Å². The highest BCUT2D eigenvalue weighted by molar-refractivity contribution is 5.74. The first-order chi connectivity index (χ1) is 12.5. The Kier molecular flexibility index (Phi) is 5.67. The molecule has 0 saturated carbocycles. The van der Waals surface area contributed by atoms with Gasteiger partial charge in [-0.3, -0.25) is 0 Å². The fraction of sp³-hybridized carbons (Fsp3) is 0.476. The summed E-state index contributed by atoms with van der Waals surface area (Å²) in [5.41, 5.74) is 1.97. The molecule has 1 fully saturated rings. The van der Waals surface area contributed by atoms with Crippen molar-refractivity contribution in [3.05, 3.63) is 59.0 Å². The van der Waals surface area contributed by atoms with E-state index in [-0.39, 0.29) is 18.0 Å². The molecule has 1 aromatic carbocycles. The molecule has 1 saturated heterocycles. The lowest BCUT2D eigenvalue weighted by atomic mass is 9.87. The molecule has 3 rings (SSSR count). The van der Waals surface area contributed by atoms with Crippen LogP contribution in [-0.2, 0) is 0 Å². The largest absolute Gasteiger partial charge is 0.466 e. The van der Waals surface area contributed by atoms with Gasteiger partial charge in [-0.25, -0.2) is 4.79 Å². The van der Waals surface area contributed by atoms with Crippen LogP contribution >= 0.6 is 0 Å². The average molecular weight is 356 g/mol. The lowest BCUT2D eigenvalue weighted by molar-refractivity contribution is 0.0662. The smallest absolute Gasteiger partial charge is 0.317 e. The van der Waals surface area contributed by atoms with Gasteiger partial charge in [0.15, 0.2) is 0 Å². The summed E-state index contributed by atoms with van der Waals surface area (Å²) in [6.07, 6.45) is 1.15. The third-order valence-corrected chi connectivity index (χ3v) is 5.30. The number of benzene rings is 1. The number of hydrogen-bond acceptors (Lipinski definition) is 3. The maximum atomic E-state index is 12.6. The first-order valence-electron chi connectivity index (χ1n) is 9.31. The number of aliphatic hydroxyl groups is 1. The van der Waals surface area contributed by atoms with E-state index in [1.54, 1.807) is 0 Å². The number of nitrogens with one attached hydrogen (secondary N) is 1. The molecule has 0 bridgehead atoms. The van der Waals surface area contributed by atoms with Crippen molar-refractivity contribution >= 4 is 6.03 Å². The molecular weight excluding hydrogens is 328 g/mol. The second kappa shape index (κ2) is 7.96. The summed E-state index contributed by atoms with van der Waals surface area (Å²) < 4.78 is 5.55. The summed E-state index contributed by atoms with van der Waals surface area (Å²) in [6, 6.07) is 11.6. The number of aliphatic hydroxyl groups excluding tert-OH is 1. The Morgan fingerprint density at radius 2 is 1.88 bits per heavy atom. The highest BCUT2D eigenvalue weighted by Crippen LogP contribution is 2.30. The van der Waals surface area contributed by atoms with Crippen LogP contribution in [0, 0.1) is 19.8 Å². The van der Waals surface area contributed by atoms with Gasteiger partial charge in [-0.1, -0.05) is 30.3 Å². The molecule has 2 atom stereocenters. The monoisotopic (exact) mass is 356 g/mol. The molecule has 0 unspecified atom stereocenters. The van der Waals surface area contributed by atoms with Crippen LogP contribution in [0.3, 0.4) is 0 Å². The van der Waals surface area contributed by atoms with Crippen molar-refractivity contribution in [2.45, 2.75) is 45.8 Å². The van der Waals surface area contributed by atoms with Crippen molar-refractivity contribution in [3.8, 4) is 0 Å². The van der Waals surface area contributed by atoms with E-state index >= 15 is 0 Å². The topological polar surface area (TPSA) is 65.7 Å². The molecule has 0 radical (unpaired) electrons. The lowest BCUT2D eigenvalue weighted by Crippen LogP contribution is -2.45. The van der Waals surface area contributed by atoms with Gasteiger partial charge in [-0.15, -0.1) is 0 Å². The first-order valence-corrected chi connectivity index (χ1v) is 9.31. The zero-order valence-electron chi connectivity index (χ0n) is 15.7. The fourth-order valence-corrected chi connectivity index (χ4v) is 3.78. The number of rotatable bonds is 4. The van der Waals surface area contributed by atoms with Gasteiger partial charge >= 0.3 is 6.03 Å². The molecule has 26 heavy (non-hydrogen) atoms. The zero-order valence-corrected chi connectivity index (χ0v) is 15.7. The van der Waals surface area contributed by atoms with E-state index in [2.05, 4.69) is 5.32 Å². The van der Waals surface area contributed by atoms with Crippen LogP contribution in [0.5, 0.6) is 0 Å². The quantitative estimate of drug-likeness (QED) is 0.866. The summed E-state index contributed by atoms with van der Waals surface area (Å²) in [5.74, 6) is 1.90. The fourth-order valence-electron chi connectivity index (χ4n) is 3.78. The van der Waals surface area contributed by atoms with Gasteiger partial charge in [0.25, 0.3) is 0 Å². The molecule has 2 heterocycles. The summed E-state index contributed by atoms with van der Waals surface area (Å²) >= 11 is 0. The summed E-state index contributed by atoms with van der Waals surface area (Å²) in [7, 11) is 0. The van der Waals surface area contributed by atoms with Crippen molar-refractivity contribution in [1.82, 2.24) is 10.2 Å². The minimum Gasteiger partial charge on any atom is -0.466 e. The van der Waals surface area contributed by atoms with Crippen molar-refractivity contribution < 1.29 is 14.3 Å². The minimum atomic E-state index is -0.461. The molecule has 2 amide bonds. The molecule has 2 aromatic rings. The van der Waals surface area contributed by atoms with Crippen molar-refractivity contribution in [2.75, 3.05) is 13.1 Å². The Labute approximate surface area is 155 Å². The van der Waals surface area contributed by atoms with Crippen LogP contribution in [0.1, 0.15) is 54.6 Å². The van der Waals surface area contributed by atoms with E-state index in [1.807, 2.05) is 62.1 Å². The maximum Gasteiger partial charge on any atom is 0.317 e. The normalized spacial score (nSPS) is 17.8. The molecule has 5 heteroatoms. The second-order valence-electron chi connectivity index (χ2n) is 7.22. The number of piperidine rings is 1. The Morgan fingerprint density at radius 1 is 1.23 bits per heavy atom. The number of carbonyl (C=O) groups is 1. The van der Waals surface area contributed by atoms with Gasteiger partial charge in [0.2, 0.25) is 0 Å². The van der Waals surface area contributed by atoms with Crippen molar-refractivity contribution in [3.63, 3.8) is 0 Å². The predicted molar refractivity (Wildman–Crippen MR) is 101 cm³/mol. The highest BCUT2D eigenvalue weighted by Gasteiger charge is 2.29. The van der Waals surface area contributed by atoms with E-state index in [0.717, 1.165) is 35.5 Å². The van der Waals surface area contributed by atoms with Crippen LogP contribution in [0.15, 0.2) is 40.8 Å². The number of hydrogen-bond donors (Lipinski definition) is 2. The molecule has 140 valence electrons. The van der Waals surface area contributed by atoms with Crippen LogP contribution in [0.2, 0.25) is 0 Å². The Bertz CT molecular complexity index is 733. The number of furan rings is 1. The lowest BCUT2D eigenvalue weighted by Gasteiger charge is -2.35. The summed E-state index contributed by atoms with van der Waals surface area (Å²) in [6.45, 7) is 7.13. The number of urea groups is 1. The second-order valence-corrected chi connectivity index (χ2v) is 7.22. The van der Waals surface area contributed by atoms with Crippen LogP contribution in [-0.4, -0.2) is 29.1 Å². The molecular formula is C21H28N2O3. The minimum absolute atomic E-state index is 0.0524. The van der Waals surface area contributed by atoms with E-state index < -0.39 is 6.10 Å². The molecule has 1 aromatic heterocycles. The number of nitrogens with zero attached hydrogens (tertiary/aromatic N) is 1. The van der Waals surface area contributed by atoms with Gasteiger partial charge in [-0.05, 0) is 51.2 Å². The SMILES string of the molecule is Cc1cc([C@H](C)NC(=O)N2CCC([C@H](O)c3ccccc3)CC2)c(C)o1. The van der Waals surface area contributed by atoms with Gasteiger partial charge in [0.05, 0.1) is 12.1 Å². The number of aryl methyl sites for hydroxylation is 2. The van der Waals surface area contributed by atoms with Crippen LogP contribution in [0.4, 0.5) is 4.79 Å². The van der Waals surface area contributed by atoms with E-state index in [4.69, 9.17) is 4.42 Å². The summed E-state index contributed by atoms with van der Waals surface area (Å²) in [4.78, 5) is 14.4. The Balaban J connectivity index is 1.53. The zero-order chi connectivity index (χ0) is 18.7. The third-order valence-electron chi connectivity index (χ3n) is 5.30. The Morgan fingerprint density at radius 3 is 2.46 bits per heavy atom. The first kappa shape index (κ1) is 18.5. The third kappa shape index (κ3) is 4.10. The molecule has 2 N–H and O–H groups in total.